The summed E-state index contributed by atoms with van der Waals surface area (Å²) in [7, 11) is 0. The van der Waals surface area contributed by atoms with Crippen LogP contribution in [0.15, 0.2) is 66.0 Å². The van der Waals surface area contributed by atoms with E-state index in [0.717, 1.165) is 16.7 Å². The minimum absolute atomic E-state index is 0.0916. The van der Waals surface area contributed by atoms with Crippen molar-refractivity contribution in [2.45, 2.75) is 26.3 Å². The maximum Gasteiger partial charge on any atom is 0.421 e. The zero-order valence-corrected chi connectivity index (χ0v) is 21.0. The third-order valence-electron chi connectivity index (χ3n) is 6.04. The van der Waals surface area contributed by atoms with Gasteiger partial charge in [-0.25, -0.2) is 9.97 Å². The molecule has 0 fully saturated rings. The van der Waals surface area contributed by atoms with Crippen LogP contribution in [0.4, 0.5) is 13.2 Å². The molecule has 1 aromatic carbocycles. The molecule has 4 aromatic heterocycles. The highest BCUT2D eigenvalue weighted by molar-refractivity contribution is 6.31. The second-order valence-corrected chi connectivity index (χ2v) is 8.97. The average molecular weight is 551 g/mol. The normalized spacial score (nSPS) is 11.5. The van der Waals surface area contributed by atoms with Gasteiger partial charge < -0.3 is 14.3 Å². The van der Waals surface area contributed by atoms with Crippen LogP contribution in [0.3, 0.4) is 0 Å². The first kappa shape index (κ1) is 25.9. The van der Waals surface area contributed by atoms with Gasteiger partial charge in [0.1, 0.15) is 40.9 Å². The second-order valence-electron chi connectivity index (χ2n) is 8.56. The van der Waals surface area contributed by atoms with Crippen molar-refractivity contribution >= 4 is 22.5 Å². The fourth-order valence-corrected chi connectivity index (χ4v) is 4.45. The molecule has 0 spiro atoms. The molecule has 0 radical (unpaired) electrons. The molecule has 0 aliphatic rings. The lowest BCUT2D eigenvalue weighted by atomic mass is 10.0. The van der Waals surface area contributed by atoms with Crippen LogP contribution in [0.25, 0.3) is 22.2 Å². The number of ether oxygens (including phenoxy) is 1. The number of aromatic nitrogens is 5. The number of nitriles is 1. The van der Waals surface area contributed by atoms with E-state index < -0.39 is 17.3 Å². The number of nitrogens with one attached hydrogen (secondary N) is 1. The molecular weight excluding hydrogens is 533 g/mol. The molecule has 0 amide bonds. The Balaban J connectivity index is 1.50. The lowest BCUT2D eigenvalue weighted by Gasteiger charge is -2.15. The van der Waals surface area contributed by atoms with Crippen LogP contribution in [0.1, 0.15) is 28.2 Å². The van der Waals surface area contributed by atoms with Crippen molar-refractivity contribution in [1.29, 1.82) is 5.26 Å². The largest absolute Gasteiger partial charge is 0.486 e. The van der Waals surface area contributed by atoms with Crippen molar-refractivity contribution in [2.24, 2.45) is 0 Å². The predicted molar refractivity (Wildman–Crippen MR) is 137 cm³/mol. The van der Waals surface area contributed by atoms with Crippen molar-refractivity contribution in [3.8, 4) is 23.1 Å². The number of aryl methyl sites for hydroxylation is 1. The average Bonchev–Trinajstić information content (AvgIpc) is 3.37. The molecule has 4 heterocycles. The van der Waals surface area contributed by atoms with Gasteiger partial charge >= 0.3 is 6.18 Å². The van der Waals surface area contributed by atoms with Crippen LogP contribution in [0, 0.1) is 18.3 Å². The van der Waals surface area contributed by atoms with E-state index in [1.807, 2.05) is 12.1 Å². The molecule has 0 saturated carbocycles. The molecular formula is C27H18ClF3N6O2. The SMILES string of the molecule is Cc1cc(-c2nc[nH]c2C#N)c2cccc(OCc3c(Cl)ccnc3Cn3cccc(C(F)(F)F)c3=O)c2n1. The molecule has 12 heteroatoms. The van der Waals surface area contributed by atoms with Gasteiger partial charge in [-0.15, -0.1) is 0 Å². The summed E-state index contributed by atoms with van der Waals surface area (Å²) in [4.78, 5) is 28.5. The van der Waals surface area contributed by atoms with Crippen LogP contribution >= 0.6 is 11.6 Å². The number of pyridine rings is 3. The monoisotopic (exact) mass is 550 g/mol. The highest BCUT2D eigenvalue weighted by Crippen LogP contribution is 2.34. The minimum Gasteiger partial charge on any atom is -0.486 e. The van der Waals surface area contributed by atoms with Crippen LogP contribution in [-0.2, 0) is 19.3 Å². The number of halogens is 4. The van der Waals surface area contributed by atoms with Gasteiger partial charge in [0.05, 0.1) is 23.6 Å². The van der Waals surface area contributed by atoms with E-state index in [1.165, 1.54) is 24.8 Å². The molecule has 0 saturated heterocycles. The molecule has 0 bridgehead atoms. The zero-order valence-electron chi connectivity index (χ0n) is 20.3. The number of H-pyrrole nitrogens is 1. The summed E-state index contributed by atoms with van der Waals surface area (Å²) in [6, 6.07) is 12.7. The molecule has 0 aliphatic heterocycles. The fourth-order valence-electron chi connectivity index (χ4n) is 4.23. The molecule has 0 aliphatic carbocycles. The Bertz CT molecular complexity index is 1810. The fraction of sp³-hybridized carbons (Fsp3) is 0.148. The number of nitrogens with zero attached hydrogens (tertiary/aromatic N) is 5. The van der Waals surface area contributed by atoms with E-state index >= 15 is 0 Å². The number of hydrogen-bond acceptors (Lipinski definition) is 6. The molecule has 1 N–H and O–H groups in total. The quantitative estimate of drug-likeness (QED) is 0.292. The Kier molecular flexibility index (Phi) is 6.80. The van der Waals surface area contributed by atoms with Gasteiger partial charge in [0.25, 0.3) is 5.56 Å². The highest BCUT2D eigenvalue weighted by Gasteiger charge is 2.34. The standard InChI is InChI=1S/C27H18ClF3N6O2/c1-15-10-17(24-21(11-32)34-14-35-24)16-4-2-6-23(25(16)36-15)39-13-18-20(28)7-8-33-22(18)12-37-9-3-5-19(26(37)38)27(29,30)31/h2-10,14H,12-13H2,1H3,(H,34,35). The first-order valence-electron chi connectivity index (χ1n) is 11.5. The smallest absolute Gasteiger partial charge is 0.421 e. The number of fused-ring (bicyclic) bond motifs is 1. The van der Waals surface area contributed by atoms with Crippen LogP contribution < -0.4 is 10.3 Å². The number of aromatic amines is 1. The van der Waals surface area contributed by atoms with Crippen molar-refractivity contribution < 1.29 is 17.9 Å². The van der Waals surface area contributed by atoms with Gasteiger partial charge in [0.2, 0.25) is 0 Å². The molecule has 8 nitrogen and oxygen atoms in total. The van der Waals surface area contributed by atoms with E-state index in [1.54, 1.807) is 19.1 Å². The topological polar surface area (TPSA) is 109 Å². The summed E-state index contributed by atoms with van der Waals surface area (Å²) in [5, 5.41) is 10.4. The van der Waals surface area contributed by atoms with Crippen LogP contribution in [0.5, 0.6) is 5.75 Å². The van der Waals surface area contributed by atoms with Gasteiger partial charge in [-0.1, -0.05) is 23.7 Å². The van der Waals surface area contributed by atoms with Gasteiger partial charge in [0.15, 0.2) is 0 Å². The van der Waals surface area contributed by atoms with Gasteiger partial charge in [-0.3, -0.25) is 9.78 Å². The summed E-state index contributed by atoms with van der Waals surface area (Å²) < 4.78 is 46.8. The lowest BCUT2D eigenvalue weighted by Crippen LogP contribution is -2.28. The zero-order chi connectivity index (χ0) is 27.7. The van der Waals surface area contributed by atoms with Crippen LogP contribution in [-0.4, -0.2) is 24.5 Å². The van der Waals surface area contributed by atoms with E-state index in [2.05, 4.69) is 26.0 Å². The number of hydrogen-bond donors (Lipinski definition) is 1. The minimum atomic E-state index is -4.78. The third kappa shape index (κ3) is 5.06. The van der Waals surface area contributed by atoms with Crippen molar-refractivity contribution in [3.63, 3.8) is 0 Å². The van der Waals surface area contributed by atoms with E-state index in [4.69, 9.17) is 16.3 Å². The molecule has 5 rings (SSSR count). The molecule has 0 unspecified atom stereocenters. The maximum atomic E-state index is 13.2. The van der Waals surface area contributed by atoms with E-state index in [-0.39, 0.29) is 23.9 Å². The van der Waals surface area contributed by atoms with Crippen molar-refractivity contribution in [1.82, 2.24) is 24.5 Å². The number of para-hydroxylation sites is 1. The summed E-state index contributed by atoms with van der Waals surface area (Å²) in [6.45, 7) is 1.47. The van der Waals surface area contributed by atoms with E-state index in [9.17, 15) is 23.2 Å². The number of imidazole rings is 1. The summed E-state index contributed by atoms with van der Waals surface area (Å²) in [6.07, 6.45) is -0.673. The van der Waals surface area contributed by atoms with Gasteiger partial charge in [-0.05, 0) is 37.3 Å². The van der Waals surface area contributed by atoms with Crippen molar-refractivity contribution in [2.75, 3.05) is 0 Å². The molecule has 39 heavy (non-hydrogen) atoms. The summed E-state index contributed by atoms with van der Waals surface area (Å²) in [5.74, 6) is 0.411. The van der Waals surface area contributed by atoms with Crippen molar-refractivity contribution in [3.05, 3.63) is 105 Å². The maximum absolute atomic E-state index is 13.2. The molecule has 196 valence electrons. The van der Waals surface area contributed by atoms with Gasteiger partial charge in [-0.2, -0.15) is 18.4 Å². The molecule has 0 atom stereocenters. The Morgan fingerprint density at radius 1 is 1.18 bits per heavy atom. The summed E-state index contributed by atoms with van der Waals surface area (Å²) >= 11 is 6.43. The first-order chi connectivity index (χ1) is 18.7. The molecule has 5 aromatic rings. The number of alkyl halides is 3. The van der Waals surface area contributed by atoms with Crippen LogP contribution in [0.2, 0.25) is 5.02 Å². The lowest BCUT2D eigenvalue weighted by molar-refractivity contribution is -0.138. The number of benzene rings is 1. The Hall–Kier alpha value is -4.69. The Morgan fingerprint density at radius 3 is 2.77 bits per heavy atom. The number of rotatable bonds is 6. The Morgan fingerprint density at radius 2 is 2.00 bits per heavy atom. The predicted octanol–water partition coefficient (Wildman–Crippen LogP) is 5.66. The third-order valence-corrected chi connectivity index (χ3v) is 6.40. The highest BCUT2D eigenvalue weighted by atomic mass is 35.5. The van der Waals surface area contributed by atoms with E-state index in [0.29, 0.717) is 44.9 Å². The second kappa shape index (κ2) is 10.2. The summed E-state index contributed by atoms with van der Waals surface area (Å²) in [5.41, 5.74) is 0.921. The first-order valence-corrected chi connectivity index (χ1v) is 11.9. The van der Waals surface area contributed by atoms with Gasteiger partial charge in [0, 0.05) is 34.6 Å². The Labute approximate surface area is 224 Å².